The summed E-state index contributed by atoms with van der Waals surface area (Å²) >= 11 is 24.1. The number of alkyl halides is 6. The minimum atomic E-state index is -5.05. The first-order valence-corrected chi connectivity index (χ1v) is 14.1. The van der Waals surface area contributed by atoms with Gasteiger partial charge in [0.2, 0.25) is 0 Å². The van der Waals surface area contributed by atoms with E-state index in [1.807, 2.05) is 0 Å². The number of benzene rings is 2. The molecular weight excluding hydrogens is 680 g/mol. The smallest absolute Gasteiger partial charge is 0.371 e. The van der Waals surface area contributed by atoms with Crippen molar-refractivity contribution in [2.75, 3.05) is 52.5 Å². The highest BCUT2D eigenvalue weighted by molar-refractivity contribution is 6.35. The first-order valence-electron chi connectivity index (χ1n) is 12.6. The maximum atomic E-state index is 14.0. The Morgan fingerprint density at radius 3 is 1.31 bits per heavy atom. The number of hydrogen-bond acceptors (Lipinski definition) is 5. The van der Waals surface area contributed by atoms with Crippen LogP contribution in [-0.4, -0.2) is 86.8 Å². The first kappa shape index (κ1) is 35.7. The third kappa shape index (κ3) is 10.2. The fraction of sp³-hybridized carbons (Fsp3) is 0.538. The van der Waals surface area contributed by atoms with Crippen molar-refractivity contribution in [3.63, 3.8) is 0 Å². The van der Waals surface area contributed by atoms with Crippen molar-refractivity contribution < 1.29 is 40.6 Å². The molecule has 0 radical (unpaired) electrons. The maximum absolute atomic E-state index is 14.0. The number of rotatable bonds is 8. The van der Waals surface area contributed by atoms with Crippen molar-refractivity contribution >= 4 is 58.8 Å². The van der Waals surface area contributed by atoms with Crippen LogP contribution in [0, 0.1) is 0 Å². The molecule has 2 aliphatic heterocycles. The van der Waals surface area contributed by atoms with E-state index in [4.69, 9.17) is 60.6 Å². The zero-order chi connectivity index (χ0) is 29.9. The molecule has 0 spiro atoms. The van der Waals surface area contributed by atoms with Gasteiger partial charge in [0, 0.05) is 59.4 Å². The number of nitrogens with zero attached hydrogens (tertiary/aromatic N) is 2. The molecule has 0 saturated carbocycles. The summed E-state index contributed by atoms with van der Waals surface area (Å²) in [5, 5.41) is 1.28. The minimum absolute atomic E-state index is 0. The Morgan fingerprint density at radius 1 is 0.667 bits per heavy atom. The molecule has 0 aliphatic carbocycles. The third-order valence-corrected chi connectivity index (χ3v) is 7.59. The van der Waals surface area contributed by atoms with E-state index < -0.39 is 49.9 Å². The van der Waals surface area contributed by atoms with Gasteiger partial charge in [-0.1, -0.05) is 46.4 Å². The van der Waals surface area contributed by atoms with Crippen LogP contribution in [-0.2, 0) is 14.2 Å². The number of morpholine rings is 2. The molecule has 236 valence electrons. The van der Waals surface area contributed by atoms with Gasteiger partial charge in [0.15, 0.2) is 12.2 Å². The molecule has 2 aromatic carbocycles. The van der Waals surface area contributed by atoms with Crippen molar-refractivity contribution in [1.29, 1.82) is 0 Å². The van der Waals surface area contributed by atoms with E-state index in [1.54, 1.807) is 24.3 Å². The highest BCUT2D eigenvalue weighted by Gasteiger charge is 2.50. The van der Waals surface area contributed by atoms with Crippen LogP contribution in [0.15, 0.2) is 36.4 Å². The van der Waals surface area contributed by atoms with E-state index >= 15 is 0 Å². The molecule has 4 rings (SSSR count). The summed E-state index contributed by atoms with van der Waals surface area (Å²) in [6.07, 6.45) is -16.8. The monoisotopic (exact) mass is 704 g/mol. The molecule has 0 amide bonds. The molecule has 5 nitrogen and oxygen atoms in total. The molecule has 2 saturated heterocycles. The lowest BCUT2D eigenvalue weighted by molar-refractivity contribution is -0.292. The Kier molecular flexibility index (Phi) is 12.8. The highest BCUT2D eigenvalue weighted by Crippen LogP contribution is 2.34. The largest absolute Gasteiger partial charge is 0.415 e. The molecule has 2 aromatic rings. The Morgan fingerprint density at radius 2 is 1.00 bits per heavy atom. The van der Waals surface area contributed by atoms with Gasteiger partial charge in [-0.3, -0.25) is 9.80 Å². The molecule has 0 bridgehead atoms. The van der Waals surface area contributed by atoms with Gasteiger partial charge in [-0.2, -0.15) is 26.3 Å². The summed E-state index contributed by atoms with van der Waals surface area (Å²) in [7, 11) is 0. The second kappa shape index (κ2) is 15.0. The standard InChI is InChI=1S/C26H26Cl4F6N2O3.ClH/c27-17-5-15(6-18(28)9-17)21-11-37(1-3-39-21)13-23(25(31,32)33)41-24(26(34,35)36)14-38-2-4-40-22(12-38)16-7-19(29)10-20(30)8-16;/h5-10,21-24H,1-4,11-14H2;1H/t21?,22?,23-,24-;/m0./s1. The number of halogens is 11. The predicted octanol–water partition coefficient (Wildman–Crippen LogP) is 8.05. The zero-order valence-electron chi connectivity index (χ0n) is 21.7. The minimum Gasteiger partial charge on any atom is -0.371 e. The van der Waals surface area contributed by atoms with Gasteiger partial charge in [-0.15, -0.1) is 12.4 Å². The van der Waals surface area contributed by atoms with Crippen molar-refractivity contribution in [3.8, 4) is 0 Å². The SMILES string of the molecule is Cl.FC(F)(F)[C@H](CN1CCOC(c2cc(Cl)cc(Cl)c2)C1)O[C@@H](CN1CCOC(c2cc(Cl)cc(Cl)c2)C1)C(F)(F)F. The van der Waals surface area contributed by atoms with Crippen molar-refractivity contribution in [2.24, 2.45) is 0 Å². The molecule has 42 heavy (non-hydrogen) atoms. The quantitative estimate of drug-likeness (QED) is 0.260. The molecular formula is C26H27Cl5F6N2O3. The van der Waals surface area contributed by atoms with Crippen LogP contribution in [0.5, 0.6) is 0 Å². The molecule has 0 N–H and O–H groups in total. The van der Waals surface area contributed by atoms with Gasteiger partial charge in [-0.05, 0) is 47.5 Å². The average Bonchev–Trinajstić information content (AvgIpc) is 2.86. The Labute approximate surface area is 265 Å². The summed E-state index contributed by atoms with van der Waals surface area (Å²) in [6.45, 7) is -1.38. The van der Waals surface area contributed by atoms with Gasteiger partial charge >= 0.3 is 12.4 Å². The number of hydrogen-bond donors (Lipinski definition) is 0. The van der Waals surface area contributed by atoms with Crippen LogP contribution in [0.1, 0.15) is 23.3 Å². The van der Waals surface area contributed by atoms with E-state index in [0.29, 0.717) is 31.2 Å². The molecule has 16 heteroatoms. The molecule has 2 fully saturated rings. The van der Waals surface area contributed by atoms with E-state index in [9.17, 15) is 26.3 Å². The van der Waals surface area contributed by atoms with Gasteiger partial charge < -0.3 is 14.2 Å². The lowest BCUT2D eigenvalue weighted by atomic mass is 10.1. The number of ether oxygens (including phenoxy) is 3. The van der Waals surface area contributed by atoms with E-state index in [1.165, 1.54) is 21.9 Å². The van der Waals surface area contributed by atoms with Gasteiger partial charge in [0.05, 0.1) is 25.4 Å². The van der Waals surface area contributed by atoms with Crippen LogP contribution in [0.2, 0.25) is 20.1 Å². The van der Waals surface area contributed by atoms with Gasteiger partial charge in [-0.25, -0.2) is 0 Å². The lowest BCUT2D eigenvalue weighted by Gasteiger charge is -2.39. The lowest BCUT2D eigenvalue weighted by Crippen LogP contribution is -2.53. The van der Waals surface area contributed by atoms with Gasteiger partial charge in [0.25, 0.3) is 0 Å². The molecule has 0 aromatic heterocycles. The summed E-state index contributed by atoms with van der Waals surface area (Å²) in [6, 6.07) is 9.30. The van der Waals surface area contributed by atoms with Crippen LogP contribution in [0.4, 0.5) is 26.3 Å². The van der Waals surface area contributed by atoms with Crippen LogP contribution < -0.4 is 0 Å². The van der Waals surface area contributed by atoms with Crippen LogP contribution >= 0.6 is 58.8 Å². The van der Waals surface area contributed by atoms with Crippen LogP contribution in [0.3, 0.4) is 0 Å². The average molecular weight is 707 g/mol. The van der Waals surface area contributed by atoms with E-state index in [0.717, 1.165) is 0 Å². The van der Waals surface area contributed by atoms with E-state index in [2.05, 4.69) is 0 Å². The van der Waals surface area contributed by atoms with Crippen LogP contribution in [0.25, 0.3) is 0 Å². The van der Waals surface area contributed by atoms with Crippen molar-refractivity contribution in [3.05, 3.63) is 67.6 Å². The third-order valence-electron chi connectivity index (χ3n) is 6.72. The highest BCUT2D eigenvalue weighted by atomic mass is 35.5. The fourth-order valence-electron chi connectivity index (χ4n) is 4.78. The second-order valence-electron chi connectivity index (χ2n) is 9.84. The van der Waals surface area contributed by atoms with Crippen molar-refractivity contribution in [2.45, 2.75) is 36.8 Å². The summed E-state index contributed by atoms with van der Waals surface area (Å²) in [5.41, 5.74) is 1.10. The second-order valence-corrected chi connectivity index (χ2v) is 11.6. The predicted molar refractivity (Wildman–Crippen MR) is 151 cm³/mol. The Hall–Kier alpha value is -0.730. The summed E-state index contributed by atoms with van der Waals surface area (Å²) in [4.78, 5) is 2.73. The van der Waals surface area contributed by atoms with Crippen molar-refractivity contribution in [1.82, 2.24) is 9.80 Å². The Balaban J connectivity index is 0.00000484. The maximum Gasteiger partial charge on any atom is 0.415 e. The first-order chi connectivity index (χ1) is 19.2. The fourth-order valence-corrected chi connectivity index (χ4v) is 5.86. The topological polar surface area (TPSA) is 34.2 Å². The molecule has 2 aliphatic rings. The zero-order valence-corrected chi connectivity index (χ0v) is 25.6. The molecule has 4 atom stereocenters. The molecule has 2 heterocycles. The van der Waals surface area contributed by atoms with E-state index in [-0.39, 0.29) is 51.8 Å². The molecule has 2 unspecified atom stereocenters. The normalized spacial score (nSPS) is 22.4. The summed E-state index contributed by atoms with van der Waals surface area (Å²) < 4.78 is 100. The summed E-state index contributed by atoms with van der Waals surface area (Å²) in [5.74, 6) is 0. The Bertz CT molecular complexity index is 1060. The van der Waals surface area contributed by atoms with Gasteiger partial charge in [0.1, 0.15) is 0 Å².